The molecule has 1 unspecified atom stereocenters. The molecule has 3 atom stereocenters. The van der Waals surface area contributed by atoms with Crippen LogP contribution in [0.5, 0.6) is 0 Å². The van der Waals surface area contributed by atoms with Crippen molar-refractivity contribution in [3.63, 3.8) is 0 Å². The van der Waals surface area contributed by atoms with Gasteiger partial charge in [0.2, 0.25) is 0 Å². The van der Waals surface area contributed by atoms with Crippen LogP contribution in [0, 0.1) is 5.92 Å². The molecule has 0 aliphatic rings. The molecule has 0 aromatic rings. The Morgan fingerprint density at radius 2 is 1.17 bits per heavy atom. The van der Waals surface area contributed by atoms with Crippen LogP contribution in [-0.4, -0.2) is 71.5 Å². The molecule has 0 fully saturated rings. The van der Waals surface area contributed by atoms with Gasteiger partial charge in [-0.25, -0.2) is 4.57 Å². The number of aliphatic hydroxyl groups excluding tert-OH is 2. The number of phosphoric ester groups is 1. The summed E-state index contributed by atoms with van der Waals surface area (Å²) >= 11 is 0. The van der Waals surface area contributed by atoms with Crippen molar-refractivity contribution < 1.29 is 52.6 Å². The zero-order valence-corrected chi connectivity index (χ0v) is 35.0. The fraction of sp³-hybridized carbons (Fsp3) is 0.833. The Labute approximate surface area is 327 Å². The van der Waals surface area contributed by atoms with Gasteiger partial charge in [0, 0.05) is 19.3 Å². The van der Waals surface area contributed by atoms with Crippen LogP contribution in [0.4, 0.5) is 0 Å². The zero-order valence-electron chi connectivity index (χ0n) is 34.1. The van der Waals surface area contributed by atoms with Gasteiger partial charge in [0.05, 0.1) is 19.8 Å². The first-order valence-corrected chi connectivity index (χ1v) is 22.6. The van der Waals surface area contributed by atoms with Crippen LogP contribution in [-0.2, 0) is 37.5 Å². The number of ether oxygens (including phenoxy) is 2. The minimum atomic E-state index is -4.63. The Kier molecular flexibility index (Phi) is 35.5. The molecule has 0 spiro atoms. The van der Waals surface area contributed by atoms with E-state index in [1.165, 1.54) is 57.8 Å². The number of phosphoric acid groups is 1. The SMILES string of the molecule is CCCCCC(=O)/C=C/C=C\CCCCCCCC(=O)O[C@H](COC(=O)CCCCCCCCCCCCCCC(C)C)COP(=O)(O)OC[C@@H](O)CO. The summed E-state index contributed by atoms with van der Waals surface area (Å²) in [7, 11) is -4.63. The molecule has 54 heavy (non-hydrogen) atoms. The van der Waals surface area contributed by atoms with Gasteiger partial charge in [-0.1, -0.05) is 148 Å². The van der Waals surface area contributed by atoms with Crippen LogP contribution < -0.4 is 0 Å². The first-order valence-electron chi connectivity index (χ1n) is 21.1. The van der Waals surface area contributed by atoms with Crippen molar-refractivity contribution >= 4 is 25.5 Å². The van der Waals surface area contributed by atoms with E-state index in [1.54, 1.807) is 12.2 Å². The summed E-state index contributed by atoms with van der Waals surface area (Å²) in [6, 6.07) is 0. The van der Waals surface area contributed by atoms with Gasteiger partial charge < -0.3 is 24.6 Å². The molecule has 11 nitrogen and oxygen atoms in total. The second-order valence-corrected chi connectivity index (χ2v) is 16.3. The molecule has 0 aromatic heterocycles. The molecule has 0 saturated carbocycles. The molecule has 0 heterocycles. The van der Waals surface area contributed by atoms with Crippen LogP contribution in [0.3, 0.4) is 0 Å². The molecular formula is C42H77O11P. The van der Waals surface area contributed by atoms with Crippen LogP contribution >= 0.6 is 7.82 Å². The van der Waals surface area contributed by atoms with E-state index in [0.717, 1.165) is 76.5 Å². The Hall–Kier alpha value is -1.88. The van der Waals surface area contributed by atoms with Gasteiger partial charge in [0.1, 0.15) is 12.7 Å². The molecule has 0 radical (unpaired) electrons. The molecule has 3 N–H and O–H groups in total. The zero-order chi connectivity index (χ0) is 40.1. The average molecular weight is 789 g/mol. The molecule has 0 aliphatic carbocycles. The highest BCUT2D eigenvalue weighted by Crippen LogP contribution is 2.43. The summed E-state index contributed by atoms with van der Waals surface area (Å²) in [6.45, 7) is 4.50. The number of esters is 2. The Balaban J connectivity index is 4.37. The molecular weight excluding hydrogens is 711 g/mol. The standard InChI is InChI=1S/C42H77O11P/c1-4-5-23-29-38(44)30-25-20-16-12-10-14-18-22-27-32-42(47)53-40(36-52-54(48,49)51-34-39(45)33-43)35-50-41(46)31-26-21-17-13-9-7-6-8-11-15-19-24-28-37(2)3/h16,20,25,30,37,39-40,43,45H,4-15,17-19,21-24,26-29,31-36H2,1-3H3,(H,48,49)/b20-16-,30-25+/t39-,40+/m0/s1. The number of hydrogen-bond acceptors (Lipinski definition) is 10. The molecule has 0 aliphatic heterocycles. The fourth-order valence-corrected chi connectivity index (χ4v) is 6.48. The van der Waals surface area contributed by atoms with E-state index in [0.29, 0.717) is 19.3 Å². The second kappa shape index (κ2) is 36.7. The summed E-state index contributed by atoms with van der Waals surface area (Å²) in [5, 5.41) is 18.3. The summed E-state index contributed by atoms with van der Waals surface area (Å²) in [4.78, 5) is 46.7. The Morgan fingerprint density at radius 1 is 0.648 bits per heavy atom. The van der Waals surface area contributed by atoms with E-state index in [2.05, 4.69) is 25.3 Å². The normalized spacial score (nSPS) is 14.1. The summed E-state index contributed by atoms with van der Waals surface area (Å²) < 4.78 is 32.6. The Morgan fingerprint density at radius 3 is 1.74 bits per heavy atom. The molecule has 0 rings (SSSR count). The topological polar surface area (TPSA) is 166 Å². The van der Waals surface area contributed by atoms with Crippen LogP contribution in [0.25, 0.3) is 0 Å². The lowest BCUT2D eigenvalue weighted by molar-refractivity contribution is -0.161. The third kappa shape index (κ3) is 37.1. The maximum atomic E-state index is 12.6. The van der Waals surface area contributed by atoms with Crippen molar-refractivity contribution in [2.75, 3.05) is 26.4 Å². The second-order valence-electron chi connectivity index (χ2n) is 14.9. The quantitative estimate of drug-likeness (QED) is 0.0178. The lowest BCUT2D eigenvalue weighted by Crippen LogP contribution is -2.29. The van der Waals surface area contributed by atoms with E-state index in [9.17, 15) is 28.9 Å². The van der Waals surface area contributed by atoms with E-state index >= 15 is 0 Å². The molecule has 0 aromatic carbocycles. The number of rotatable bonds is 39. The number of aliphatic hydroxyl groups is 2. The number of allylic oxidation sites excluding steroid dienone is 4. The number of ketones is 1. The first-order chi connectivity index (χ1) is 26.0. The van der Waals surface area contributed by atoms with Gasteiger partial charge >= 0.3 is 19.8 Å². The molecule has 0 amide bonds. The number of hydrogen-bond donors (Lipinski definition) is 3. The Bertz CT molecular complexity index is 1030. The predicted molar refractivity (Wildman–Crippen MR) is 215 cm³/mol. The van der Waals surface area contributed by atoms with Crippen molar-refractivity contribution in [1.29, 1.82) is 0 Å². The van der Waals surface area contributed by atoms with E-state index in [-0.39, 0.29) is 25.2 Å². The van der Waals surface area contributed by atoms with Crippen molar-refractivity contribution in [2.24, 2.45) is 5.92 Å². The predicted octanol–water partition coefficient (Wildman–Crippen LogP) is 10.0. The van der Waals surface area contributed by atoms with Crippen molar-refractivity contribution in [1.82, 2.24) is 0 Å². The van der Waals surface area contributed by atoms with Gasteiger partial charge in [0.15, 0.2) is 11.9 Å². The number of carbonyl (C=O) groups excluding carboxylic acids is 3. The maximum absolute atomic E-state index is 12.6. The molecule has 0 saturated heterocycles. The maximum Gasteiger partial charge on any atom is 0.472 e. The van der Waals surface area contributed by atoms with Gasteiger partial charge in [0.25, 0.3) is 0 Å². The van der Waals surface area contributed by atoms with Crippen LogP contribution in [0.2, 0.25) is 0 Å². The summed E-state index contributed by atoms with van der Waals surface area (Å²) in [5.74, 6) is -0.0162. The van der Waals surface area contributed by atoms with Crippen molar-refractivity contribution in [3.8, 4) is 0 Å². The first kappa shape index (κ1) is 52.1. The third-order valence-electron chi connectivity index (χ3n) is 9.01. The van der Waals surface area contributed by atoms with Gasteiger partial charge in [-0.05, 0) is 44.1 Å². The highest BCUT2D eigenvalue weighted by atomic mass is 31.2. The highest BCUT2D eigenvalue weighted by Gasteiger charge is 2.27. The van der Waals surface area contributed by atoms with Gasteiger partial charge in [-0.15, -0.1) is 0 Å². The summed E-state index contributed by atoms with van der Waals surface area (Å²) in [6.07, 6.45) is 29.9. The van der Waals surface area contributed by atoms with Crippen LogP contribution in [0.1, 0.15) is 181 Å². The van der Waals surface area contributed by atoms with Crippen molar-refractivity contribution in [3.05, 3.63) is 24.3 Å². The number of unbranched alkanes of at least 4 members (excludes halogenated alkanes) is 18. The van der Waals surface area contributed by atoms with Crippen LogP contribution in [0.15, 0.2) is 24.3 Å². The largest absolute Gasteiger partial charge is 0.472 e. The average Bonchev–Trinajstić information content (AvgIpc) is 3.14. The molecule has 316 valence electrons. The highest BCUT2D eigenvalue weighted by molar-refractivity contribution is 7.47. The lowest BCUT2D eigenvalue weighted by atomic mass is 10.0. The van der Waals surface area contributed by atoms with Crippen molar-refractivity contribution in [2.45, 2.75) is 193 Å². The smallest absolute Gasteiger partial charge is 0.462 e. The van der Waals surface area contributed by atoms with E-state index in [4.69, 9.17) is 19.1 Å². The monoisotopic (exact) mass is 789 g/mol. The number of carbonyl (C=O) groups is 3. The third-order valence-corrected chi connectivity index (χ3v) is 9.96. The van der Waals surface area contributed by atoms with E-state index < -0.39 is 51.8 Å². The molecule has 0 bridgehead atoms. The fourth-order valence-electron chi connectivity index (χ4n) is 5.69. The minimum Gasteiger partial charge on any atom is -0.462 e. The minimum absolute atomic E-state index is 0.135. The molecule has 12 heteroatoms. The lowest BCUT2D eigenvalue weighted by Gasteiger charge is -2.20. The van der Waals surface area contributed by atoms with Gasteiger partial charge in [-0.2, -0.15) is 0 Å². The van der Waals surface area contributed by atoms with Gasteiger partial charge in [-0.3, -0.25) is 23.4 Å². The van der Waals surface area contributed by atoms with E-state index in [1.807, 2.05) is 12.2 Å². The summed E-state index contributed by atoms with van der Waals surface area (Å²) in [5.41, 5.74) is 0.